The van der Waals surface area contributed by atoms with Crippen LogP contribution in [0.1, 0.15) is 65.2 Å². The highest BCUT2D eigenvalue weighted by molar-refractivity contribution is 5.92. The van der Waals surface area contributed by atoms with Crippen LogP contribution in [-0.2, 0) is 19.1 Å². The van der Waals surface area contributed by atoms with Crippen molar-refractivity contribution >= 4 is 11.8 Å². The molecule has 0 bridgehead atoms. The van der Waals surface area contributed by atoms with E-state index in [0.717, 1.165) is 25.7 Å². The Morgan fingerprint density at radius 2 is 2.14 bits per heavy atom. The summed E-state index contributed by atoms with van der Waals surface area (Å²) in [6.45, 7) is 4.61. The number of carbonyl (C=O) groups excluding carboxylic acids is 2. The maximum absolute atomic E-state index is 12.2. The molecule has 0 aromatic heterocycles. The molecule has 1 heterocycles. The van der Waals surface area contributed by atoms with Crippen molar-refractivity contribution in [3.8, 4) is 0 Å². The average Bonchev–Trinajstić information content (AvgIpc) is 3.58. The first kappa shape index (κ1) is 18.6. The van der Waals surface area contributed by atoms with Gasteiger partial charge in [0.2, 0.25) is 0 Å². The molecular weight excluding hydrogens is 368 g/mol. The summed E-state index contributed by atoms with van der Waals surface area (Å²) < 4.78 is 11.5. The van der Waals surface area contributed by atoms with Gasteiger partial charge in [0.25, 0.3) is 0 Å². The number of carbonyl (C=O) groups is 2. The first-order valence-electron chi connectivity index (χ1n) is 11.4. The third kappa shape index (κ3) is 2.00. The summed E-state index contributed by atoms with van der Waals surface area (Å²) in [6.07, 6.45) is 8.22. The van der Waals surface area contributed by atoms with Gasteiger partial charge in [0.05, 0.1) is 18.8 Å². The molecule has 5 nitrogen and oxygen atoms in total. The lowest BCUT2D eigenvalue weighted by Crippen LogP contribution is -2.60. The second-order valence-electron chi connectivity index (χ2n) is 11.2. The molecule has 5 fully saturated rings. The Kier molecular flexibility index (Phi) is 3.42. The molecule has 1 N–H and O–H groups in total. The van der Waals surface area contributed by atoms with E-state index in [9.17, 15) is 14.7 Å². The Balaban J connectivity index is 1.37. The summed E-state index contributed by atoms with van der Waals surface area (Å²) in [4.78, 5) is 24.0. The molecule has 29 heavy (non-hydrogen) atoms. The smallest absolute Gasteiger partial charge is 0.305 e. The standard InChI is InChI=1S/C24H32O5/c1-21-7-4-13(25)10-17(21)14-11-15(14)20-16-5-8-23(27,9-6-19(26)28-3)22(16,2)12-18-24(20,21)29-18/h10,14-16,18,20,27H,4-9,11-12H2,1-3H3/t14-,15+,16+,18?,20+,21+,22+,23-,24?/m1/s1. The number of methoxy groups -OCH3 is 1. The number of fused-ring (bicyclic) bond motifs is 6. The number of esters is 1. The normalized spacial score (nSPS) is 56.2. The zero-order valence-corrected chi connectivity index (χ0v) is 17.7. The van der Waals surface area contributed by atoms with Gasteiger partial charge in [0.1, 0.15) is 5.60 Å². The fraction of sp³-hybridized carbons (Fsp3) is 0.833. The molecule has 6 rings (SSSR count). The molecule has 5 heteroatoms. The number of hydrogen-bond acceptors (Lipinski definition) is 5. The number of epoxide rings is 1. The molecule has 2 unspecified atom stereocenters. The second-order valence-corrected chi connectivity index (χ2v) is 11.2. The van der Waals surface area contributed by atoms with Crippen molar-refractivity contribution in [2.75, 3.05) is 7.11 Å². The molecule has 4 saturated carbocycles. The first-order chi connectivity index (χ1) is 13.7. The minimum Gasteiger partial charge on any atom is -0.469 e. The predicted molar refractivity (Wildman–Crippen MR) is 105 cm³/mol. The molecule has 158 valence electrons. The lowest BCUT2D eigenvalue weighted by Gasteiger charge is -2.56. The van der Waals surface area contributed by atoms with Gasteiger partial charge in [-0.1, -0.05) is 19.4 Å². The SMILES string of the molecule is COC(=O)CC[C@]1(O)CC[C@H]2[C@@H]3[C@H]4C[C@H]4C4=CC(=O)CC[C@]4(C)C34OC4C[C@@]21C. The van der Waals surface area contributed by atoms with Crippen LogP contribution in [0.5, 0.6) is 0 Å². The Bertz CT molecular complexity index is 848. The molecule has 1 saturated heterocycles. The van der Waals surface area contributed by atoms with Gasteiger partial charge in [-0.3, -0.25) is 9.59 Å². The zero-order valence-electron chi connectivity index (χ0n) is 17.7. The van der Waals surface area contributed by atoms with Crippen LogP contribution in [0.4, 0.5) is 0 Å². The minimum atomic E-state index is -0.825. The molecular formula is C24H32O5. The van der Waals surface area contributed by atoms with E-state index in [-0.39, 0.29) is 40.7 Å². The maximum atomic E-state index is 12.2. The third-order valence-corrected chi connectivity index (χ3v) is 10.4. The van der Waals surface area contributed by atoms with E-state index >= 15 is 0 Å². The van der Waals surface area contributed by atoms with Crippen molar-refractivity contribution in [1.82, 2.24) is 0 Å². The quantitative estimate of drug-likeness (QED) is 0.582. The molecule has 1 spiro atoms. The van der Waals surface area contributed by atoms with Gasteiger partial charge in [-0.25, -0.2) is 0 Å². The summed E-state index contributed by atoms with van der Waals surface area (Å²) in [5, 5.41) is 11.7. The largest absolute Gasteiger partial charge is 0.469 e. The van der Waals surface area contributed by atoms with Gasteiger partial charge in [0.15, 0.2) is 5.78 Å². The van der Waals surface area contributed by atoms with Crippen molar-refractivity contribution in [2.24, 2.45) is 34.5 Å². The van der Waals surface area contributed by atoms with E-state index in [4.69, 9.17) is 9.47 Å². The topological polar surface area (TPSA) is 76.1 Å². The zero-order chi connectivity index (χ0) is 20.4. The van der Waals surface area contributed by atoms with Gasteiger partial charge in [-0.2, -0.15) is 0 Å². The number of ketones is 1. The van der Waals surface area contributed by atoms with E-state index in [2.05, 4.69) is 13.8 Å². The number of hydrogen-bond donors (Lipinski definition) is 1. The molecule has 1 aliphatic heterocycles. The van der Waals surface area contributed by atoms with E-state index in [1.54, 1.807) is 0 Å². The molecule has 6 aliphatic rings. The molecule has 0 aromatic carbocycles. The fourth-order valence-electron chi connectivity index (χ4n) is 8.75. The highest BCUT2D eigenvalue weighted by Crippen LogP contribution is 2.82. The fourth-order valence-corrected chi connectivity index (χ4v) is 8.75. The predicted octanol–water partition coefficient (Wildman–Crippen LogP) is 3.19. The Hall–Kier alpha value is -1.20. The highest BCUT2D eigenvalue weighted by atomic mass is 16.6. The maximum Gasteiger partial charge on any atom is 0.305 e. The van der Waals surface area contributed by atoms with E-state index in [0.29, 0.717) is 36.5 Å². The van der Waals surface area contributed by atoms with Crippen molar-refractivity contribution in [3.05, 3.63) is 11.6 Å². The summed E-state index contributed by atoms with van der Waals surface area (Å²) in [7, 11) is 1.41. The lowest BCUT2D eigenvalue weighted by molar-refractivity contribution is -0.147. The van der Waals surface area contributed by atoms with Crippen molar-refractivity contribution in [1.29, 1.82) is 0 Å². The van der Waals surface area contributed by atoms with E-state index in [1.165, 1.54) is 19.1 Å². The molecule has 5 aliphatic carbocycles. The van der Waals surface area contributed by atoms with Crippen LogP contribution in [0.25, 0.3) is 0 Å². The second kappa shape index (κ2) is 5.34. The average molecular weight is 401 g/mol. The molecule has 9 atom stereocenters. The van der Waals surface area contributed by atoms with Crippen LogP contribution in [0.3, 0.4) is 0 Å². The van der Waals surface area contributed by atoms with E-state index < -0.39 is 5.60 Å². The lowest BCUT2D eigenvalue weighted by atomic mass is 9.46. The monoisotopic (exact) mass is 400 g/mol. The van der Waals surface area contributed by atoms with Crippen molar-refractivity contribution in [3.63, 3.8) is 0 Å². The van der Waals surface area contributed by atoms with Crippen molar-refractivity contribution < 1.29 is 24.2 Å². The van der Waals surface area contributed by atoms with Gasteiger partial charge < -0.3 is 14.6 Å². The highest BCUT2D eigenvalue weighted by Gasteiger charge is 2.84. The van der Waals surface area contributed by atoms with E-state index in [1.807, 2.05) is 6.08 Å². The van der Waals surface area contributed by atoms with Crippen LogP contribution in [0.15, 0.2) is 11.6 Å². The Morgan fingerprint density at radius 1 is 1.34 bits per heavy atom. The van der Waals surface area contributed by atoms with Gasteiger partial charge >= 0.3 is 5.97 Å². The van der Waals surface area contributed by atoms with Crippen LogP contribution < -0.4 is 0 Å². The van der Waals surface area contributed by atoms with Gasteiger partial charge in [-0.05, 0) is 68.3 Å². The van der Waals surface area contributed by atoms with Crippen molar-refractivity contribution in [2.45, 2.75) is 82.5 Å². The third-order valence-electron chi connectivity index (χ3n) is 10.4. The Labute approximate surface area is 172 Å². The number of rotatable bonds is 3. The summed E-state index contributed by atoms with van der Waals surface area (Å²) in [6, 6.07) is 0. The molecule has 0 amide bonds. The van der Waals surface area contributed by atoms with Crippen LogP contribution >= 0.6 is 0 Å². The van der Waals surface area contributed by atoms with Crippen LogP contribution in [0, 0.1) is 34.5 Å². The number of ether oxygens (including phenoxy) is 2. The number of aliphatic hydroxyl groups is 1. The van der Waals surface area contributed by atoms with Crippen LogP contribution in [-0.4, -0.2) is 41.3 Å². The minimum absolute atomic E-state index is 0.0258. The summed E-state index contributed by atoms with van der Waals surface area (Å²) >= 11 is 0. The van der Waals surface area contributed by atoms with Gasteiger partial charge in [0, 0.05) is 23.7 Å². The molecule has 0 aromatic rings. The molecule has 0 radical (unpaired) electrons. The summed E-state index contributed by atoms with van der Waals surface area (Å²) in [5.74, 6) is 2.07. The Morgan fingerprint density at radius 3 is 2.90 bits per heavy atom. The van der Waals surface area contributed by atoms with Crippen LogP contribution in [0.2, 0.25) is 0 Å². The van der Waals surface area contributed by atoms with Gasteiger partial charge in [-0.15, -0.1) is 0 Å². The summed E-state index contributed by atoms with van der Waals surface area (Å²) in [5.41, 5.74) is 0.177. The first-order valence-corrected chi connectivity index (χ1v) is 11.4.